The third kappa shape index (κ3) is 2.87. The Hall–Kier alpha value is -1.11. The quantitative estimate of drug-likeness (QED) is 0.775. The fraction of sp³-hybridized carbons (Fsp3) is 0.562. The summed E-state index contributed by atoms with van der Waals surface area (Å²) in [7, 11) is 0. The molecule has 0 aliphatic carbocycles. The van der Waals surface area contributed by atoms with Crippen LogP contribution >= 0.6 is 15.9 Å². The number of anilines is 1. The van der Waals surface area contributed by atoms with E-state index in [0.29, 0.717) is 13.2 Å². The van der Waals surface area contributed by atoms with Crippen LogP contribution in [0.4, 0.5) is 10.5 Å². The molecule has 1 aromatic carbocycles. The molecule has 2 N–H and O–H groups in total. The molecule has 0 saturated heterocycles. The highest BCUT2D eigenvalue weighted by Crippen LogP contribution is 2.40. The first-order valence-corrected chi connectivity index (χ1v) is 8.68. The van der Waals surface area contributed by atoms with Crippen LogP contribution in [0.1, 0.15) is 30.0 Å². The topological polar surface area (TPSA) is 58.8 Å². The molecule has 0 saturated carbocycles. The zero-order valence-corrected chi connectivity index (χ0v) is 14.5. The number of hydrazine groups is 1. The molecule has 0 atom stereocenters. The number of aryl methyl sites for hydroxylation is 1. The summed E-state index contributed by atoms with van der Waals surface area (Å²) in [6, 6.07) is 2.26. The molecular weight excluding hydrogens is 346 g/mol. The third-order valence-electron chi connectivity index (χ3n) is 4.42. The van der Waals surface area contributed by atoms with Gasteiger partial charge in [0.1, 0.15) is 0 Å². The van der Waals surface area contributed by atoms with Crippen LogP contribution in [-0.2, 0) is 24.0 Å². The second kappa shape index (κ2) is 6.56. The van der Waals surface area contributed by atoms with E-state index in [1.54, 1.807) is 4.90 Å². The van der Waals surface area contributed by atoms with Gasteiger partial charge in [-0.1, -0.05) is 6.07 Å². The van der Waals surface area contributed by atoms with Crippen LogP contribution in [0.25, 0.3) is 0 Å². The monoisotopic (exact) mass is 367 g/mol. The van der Waals surface area contributed by atoms with Gasteiger partial charge in [0.25, 0.3) is 0 Å². The maximum atomic E-state index is 12.3. The number of nitrogens with zero attached hydrogens (tertiary/aromatic N) is 2. The van der Waals surface area contributed by atoms with E-state index < -0.39 is 0 Å². The first-order chi connectivity index (χ1) is 10.6. The number of ether oxygens (including phenoxy) is 1. The van der Waals surface area contributed by atoms with E-state index in [2.05, 4.69) is 22.0 Å². The van der Waals surface area contributed by atoms with Crippen LogP contribution in [0.3, 0.4) is 0 Å². The summed E-state index contributed by atoms with van der Waals surface area (Å²) in [4.78, 5) is 14.0. The van der Waals surface area contributed by atoms with Crippen LogP contribution in [0.15, 0.2) is 10.5 Å². The summed E-state index contributed by atoms with van der Waals surface area (Å²) >= 11 is 3.76. The number of nitrogens with two attached hydrogens (primary N) is 1. The fourth-order valence-corrected chi connectivity index (χ4v) is 4.24. The number of halogens is 1. The minimum absolute atomic E-state index is 0.252. The molecule has 0 radical (unpaired) electrons. The molecular formula is C16H22BrN3O2. The zero-order valence-electron chi connectivity index (χ0n) is 12.9. The number of benzene rings is 1. The van der Waals surface area contributed by atoms with E-state index in [-0.39, 0.29) is 6.09 Å². The highest BCUT2D eigenvalue weighted by atomic mass is 79.9. The molecule has 0 unspecified atom stereocenters. The van der Waals surface area contributed by atoms with Crippen molar-refractivity contribution in [2.45, 2.75) is 32.6 Å². The minimum Gasteiger partial charge on any atom is -0.449 e. The maximum Gasteiger partial charge on any atom is 0.414 e. The Kier molecular flexibility index (Phi) is 4.70. The van der Waals surface area contributed by atoms with Gasteiger partial charge < -0.3 is 4.74 Å². The van der Waals surface area contributed by atoms with E-state index >= 15 is 0 Å². The number of carbonyl (C=O) groups is 1. The summed E-state index contributed by atoms with van der Waals surface area (Å²) in [6.45, 7) is 4.66. The lowest BCUT2D eigenvalue weighted by atomic mass is 9.93. The van der Waals surface area contributed by atoms with Crippen molar-refractivity contribution in [2.24, 2.45) is 5.84 Å². The standard InChI is InChI=1S/C16H22BrN3O2/c1-2-22-16(21)20-7-3-4-12-10-11-5-8-19(18)9-6-13(11)14(17)15(12)20/h10H,2-9,18H2,1H3. The Bertz CT molecular complexity index is 591. The van der Waals surface area contributed by atoms with Crippen molar-refractivity contribution in [3.63, 3.8) is 0 Å². The van der Waals surface area contributed by atoms with Gasteiger partial charge in [0, 0.05) is 24.1 Å². The highest BCUT2D eigenvalue weighted by Gasteiger charge is 2.29. The summed E-state index contributed by atoms with van der Waals surface area (Å²) < 4.78 is 6.26. The Labute approximate surface area is 139 Å². The molecule has 120 valence electrons. The molecule has 1 amide bonds. The van der Waals surface area contributed by atoms with Gasteiger partial charge in [-0.3, -0.25) is 10.7 Å². The fourth-order valence-electron chi connectivity index (χ4n) is 3.32. The largest absolute Gasteiger partial charge is 0.449 e. The van der Waals surface area contributed by atoms with Crippen molar-refractivity contribution in [3.05, 3.63) is 27.2 Å². The Balaban J connectivity index is 2.04. The van der Waals surface area contributed by atoms with E-state index in [0.717, 1.165) is 48.9 Å². The zero-order chi connectivity index (χ0) is 15.7. The SMILES string of the molecule is CCOC(=O)N1CCCc2cc3c(c(Br)c21)CCN(N)CC3. The van der Waals surface area contributed by atoms with Gasteiger partial charge in [-0.15, -0.1) is 0 Å². The van der Waals surface area contributed by atoms with Crippen molar-refractivity contribution in [3.8, 4) is 0 Å². The lowest BCUT2D eigenvalue weighted by Gasteiger charge is -2.31. The van der Waals surface area contributed by atoms with Crippen molar-refractivity contribution < 1.29 is 9.53 Å². The summed E-state index contributed by atoms with van der Waals surface area (Å²) in [5, 5.41) is 1.87. The number of fused-ring (bicyclic) bond motifs is 2. The average molecular weight is 368 g/mol. The van der Waals surface area contributed by atoms with Crippen molar-refractivity contribution in [1.82, 2.24) is 5.01 Å². The third-order valence-corrected chi connectivity index (χ3v) is 5.27. The van der Waals surface area contributed by atoms with Gasteiger partial charge in [-0.2, -0.15) is 0 Å². The van der Waals surface area contributed by atoms with Crippen LogP contribution in [-0.4, -0.2) is 37.3 Å². The molecule has 2 aliphatic heterocycles. The minimum atomic E-state index is -0.252. The smallest absolute Gasteiger partial charge is 0.414 e. The number of rotatable bonds is 1. The second-order valence-electron chi connectivity index (χ2n) is 5.83. The predicted octanol–water partition coefficient (Wildman–Crippen LogP) is 2.63. The number of amides is 1. The van der Waals surface area contributed by atoms with Gasteiger partial charge in [0.2, 0.25) is 0 Å². The average Bonchev–Trinajstić information content (AvgIpc) is 2.69. The number of hydrogen-bond donors (Lipinski definition) is 1. The molecule has 0 bridgehead atoms. The maximum absolute atomic E-state index is 12.3. The molecule has 1 aromatic rings. The molecule has 6 heteroatoms. The molecule has 0 aromatic heterocycles. The van der Waals surface area contributed by atoms with Crippen LogP contribution in [0.5, 0.6) is 0 Å². The Morgan fingerprint density at radius 3 is 2.82 bits per heavy atom. The highest BCUT2D eigenvalue weighted by molar-refractivity contribution is 9.10. The summed E-state index contributed by atoms with van der Waals surface area (Å²) in [5.74, 6) is 5.97. The molecule has 3 rings (SSSR count). The summed E-state index contributed by atoms with van der Waals surface area (Å²) in [5.41, 5.74) is 4.86. The van der Waals surface area contributed by atoms with Crippen molar-refractivity contribution in [1.29, 1.82) is 0 Å². The van der Waals surface area contributed by atoms with Gasteiger partial charge >= 0.3 is 6.09 Å². The van der Waals surface area contributed by atoms with E-state index in [1.807, 2.05) is 11.9 Å². The van der Waals surface area contributed by atoms with Crippen LogP contribution in [0, 0.1) is 0 Å². The molecule has 0 fully saturated rings. The van der Waals surface area contributed by atoms with E-state index in [4.69, 9.17) is 10.6 Å². The number of hydrogen-bond acceptors (Lipinski definition) is 4. The van der Waals surface area contributed by atoms with E-state index in [9.17, 15) is 4.79 Å². The Morgan fingerprint density at radius 2 is 2.05 bits per heavy atom. The number of carbonyl (C=O) groups excluding carboxylic acids is 1. The second-order valence-corrected chi connectivity index (χ2v) is 6.62. The normalized spacial score (nSPS) is 18.4. The molecule has 0 spiro atoms. The molecule has 2 aliphatic rings. The van der Waals surface area contributed by atoms with E-state index in [1.165, 1.54) is 16.7 Å². The van der Waals surface area contributed by atoms with Gasteiger partial charge in [0.15, 0.2) is 0 Å². The molecule has 5 nitrogen and oxygen atoms in total. The first-order valence-electron chi connectivity index (χ1n) is 7.89. The predicted molar refractivity (Wildman–Crippen MR) is 90.0 cm³/mol. The van der Waals surface area contributed by atoms with Gasteiger partial charge in [0.05, 0.1) is 12.3 Å². The lowest BCUT2D eigenvalue weighted by Crippen LogP contribution is -2.36. The first kappa shape index (κ1) is 15.8. The lowest BCUT2D eigenvalue weighted by molar-refractivity contribution is 0.159. The van der Waals surface area contributed by atoms with Crippen molar-refractivity contribution >= 4 is 27.7 Å². The van der Waals surface area contributed by atoms with Crippen molar-refractivity contribution in [2.75, 3.05) is 31.1 Å². The van der Waals surface area contributed by atoms with Crippen LogP contribution in [0.2, 0.25) is 0 Å². The summed E-state index contributed by atoms with van der Waals surface area (Å²) in [6.07, 6.45) is 3.58. The Morgan fingerprint density at radius 1 is 1.27 bits per heavy atom. The molecule has 2 heterocycles. The molecule has 22 heavy (non-hydrogen) atoms. The van der Waals surface area contributed by atoms with Gasteiger partial charge in [-0.05, 0) is 65.2 Å². The van der Waals surface area contributed by atoms with Crippen LogP contribution < -0.4 is 10.7 Å². The van der Waals surface area contributed by atoms with Gasteiger partial charge in [-0.25, -0.2) is 9.80 Å².